The average molecular weight is 395 g/mol. The minimum atomic E-state index is 0.0277. The lowest BCUT2D eigenvalue weighted by molar-refractivity contribution is 0.409. The molecule has 0 amide bonds. The third-order valence-corrected chi connectivity index (χ3v) is 4.29. The lowest BCUT2D eigenvalue weighted by Gasteiger charge is -2.02. The molecule has 0 aliphatic heterocycles. The van der Waals surface area contributed by atoms with Gasteiger partial charge in [0, 0.05) is 10.8 Å². The fourth-order valence-corrected chi connectivity index (χ4v) is 3.02. The van der Waals surface area contributed by atoms with E-state index in [0.29, 0.717) is 39.9 Å². The van der Waals surface area contributed by atoms with Crippen LogP contribution in [-0.2, 0) is 0 Å². The van der Waals surface area contributed by atoms with Gasteiger partial charge in [0.15, 0.2) is 45.0 Å². The fraction of sp³-hybridized carbons (Fsp3) is 0.100. The van der Waals surface area contributed by atoms with Crippen LogP contribution in [0, 0.1) is 0 Å². The lowest BCUT2D eigenvalue weighted by atomic mass is 10.2. The Morgan fingerprint density at radius 2 is 1.43 bits per heavy atom. The molecule has 0 saturated heterocycles. The summed E-state index contributed by atoms with van der Waals surface area (Å²) in [7, 11) is 3.18. The number of benzene rings is 2. The Hall–Kier alpha value is -3.52. The van der Waals surface area contributed by atoms with Gasteiger partial charge in [0.05, 0.1) is 14.2 Å². The number of para-hydroxylation sites is 2. The number of ether oxygens (including phenoxy) is 2. The van der Waals surface area contributed by atoms with E-state index in [1.165, 1.54) is 0 Å². The van der Waals surface area contributed by atoms with E-state index >= 15 is 0 Å². The summed E-state index contributed by atoms with van der Waals surface area (Å²) in [6, 6.07) is 15.0. The number of methoxy groups -OCH3 is 2. The largest absolute Gasteiger partial charge is 0.493 e. The normalized spacial score (nSPS) is 10.8. The molecule has 0 fully saturated rings. The predicted molar refractivity (Wildman–Crippen MR) is 111 cm³/mol. The molecule has 2 aromatic heterocycles. The maximum absolute atomic E-state index is 6.02. The molecule has 0 unspecified atom stereocenters. The Morgan fingerprint density at radius 3 is 1.86 bits per heavy atom. The van der Waals surface area contributed by atoms with Gasteiger partial charge >= 0.3 is 0 Å². The summed E-state index contributed by atoms with van der Waals surface area (Å²) in [5.74, 6) is 2.19. The molecule has 142 valence electrons. The molecule has 7 nitrogen and oxygen atoms in total. The number of nitrogens with one attached hydrogen (secondary N) is 1. The number of hydrogen-bond acceptors (Lipinski definition) is 6. The monoisotopic (exact) mass is 395 g/mol. The molecule has 4 aromatic rings. The smallest absolute Gasteiger partial charge is 0.184 e. The fourth-order valence-electron chi connectivity index (χ4n) is 2.97. The maximum atomic E-state index is 6.02. The van der Waals surface area contributed by atoms with Crippen molar-refractivity contribution in [2.24, 2.45) is 10.8 Å². The van der Waals surface area contributed by atoms with Crippen LogP contribution in [0.3, 0.4) is 0 Å². The summed E-state index contributed by atoms with van der Waals surface area (Å²) in [6.45, 7) is 0. The van der Waals surface area contributed by atoms with Crippen molar-refractivity contribution < 1.29 is 18.3 Å². The maximum Gasteiger partial charge on any atom is 0.184 e. The van der Waals surface area contributed by atoms with Crippen molar-refractivity contribution in [3.05, 3.63) is 60.1 Å². The summed E-state index contributed by atoms with van der Waals surface area (Å²) in [6.07, 6.45) is 0. The molecule has 0 atom stereocenters. The second kappa shape index (κ2) is 7.24. The molecule has 4 rings (SSSR count). The molecule has 0 radical (unpaired) electrons. The second-order valence-corrected chi connectivity index (χ2v) is 6.35. The number of nitrogens with two attached hydrogens (primary N) is 1. The Morgan fingerprint density at radius 1 is 0.929 bits per heavy atom. The van der Waals surface area contributed by atoms with Crippen LogP contribution in [0.1, 0.15) is 11.5 Å². The van der Waals surface area contributed by atoms with E-state index in [1.807, 2.05) is 48.5 Å². The summed E-state index contributed by atoms with van der Waals surface area (Å²) < 4.78 is 22.8. The topological polar surface area (TPSA) is 95.2 Å². The van der Waals surface area contributed by atoms with Crippen molar-refractivity contribution in [1.82, 2.24) is 5.43 Å². The Bertz CT molecular complexity index is 1120. The quantitative estimate of drug-likeness (QED) is 0.302. The lowest BCUT2D eigenvalue weighted by Crippen LogP contribution is -2.25. The van der Waals surface area contributed by atoms with Crippen LogP contribution in [0.15, 0.2) is 62.5 Å². The molecule has 0 bridgehead atoms. The molecular formula is C20H17N3O4S. The van der Waals surface area contributed by atoms with E-state index < -0.39 is 0 Å². The molecular weight excluding hydrogens is 378 g/mol. The van der Waals surface area contributed by atoms with Gasteiger partial charge in [0.2, 0.25) is 0 Å². The zero-order chi connectivity index (χ0) is 19.7. The average Bonchev–Trinajstić information content (AvgIpc) is 3.31. The van der Waals surface area contributed by atoms with Crippen molar-refractivity contribution in [1.29, 1.82) is 0 Å². The van der Waals surface area contributed by atoms with Gasteiger partial charge in [-0.15, -0.1) is 0 Å². The van der Waals surface area contributed by atoms with Gasteiger partial charge in [-0.1, -0.05) is 24.3 Å². The first-order chi connectivity index (χ1) is 13.6. The Kier molecular flexibility index (Phi) is 4.62. The van der Waals surface area contributed by atoms with Gasteiger partial charge in [-0.25, -0.2) is 0 Å². The van der Waals surface area contributed by atoms with Crippen LogP contribution >= 0.6 is 12.2 Å². The third kappa shape index (κ3) is 3.14. The van der Waals surface area contributed by atoms with E-state index in [4.69, 9.17) is 36.3 Å². The molecule has 2 aromatic carbocycles. The highest BCUT2D eigenvalue weighted by molar-refractivity contribution is 7.80. The van der Waals surface area contributed by atoms with Gasteiger partial charge < -0.3 is 24.0 Å². The number of hydrazone groups is 1. The van der Waals surface area contributed by atoms with Gasteiger partial charge in [-0.2, -0.15) is 5.10 Å². The van der Waals surface area contributed by atoms with Gasteiger partial charge in [0.25, 0.3) is 0 Å². The van der Waals surface area contributed by atoms with Crippen molar-refractivity contribution >= 4 is 45.0 Å². The van der Waals surface area contributed by atoms with Crippen LogP contribution in [0.25, 0.3) is 21.9 Å². The van der Waals surface area contributed by atoms with E-state index in [-0.39, 0.29) is 5.11 Å². The number of furan rings is 2. The second-order valence-electron chi connectivity index (χ2n) is 5.92. The van der Waals surface area contributed by atoms with Crippen LogP contribution in [-0.4, -0.2) is 25.0 Å². The first-order valence-electron chi connectivity index (χ1n) is 8.37. The van der Waals surface area contributed by atoms with Crippen LogP contribution in [0.5, 0.6) is 11.5 Å². The van der Waals surface area contributed by atoms with Crippen LogP contribution in [0.4, 0.5) is 0 Å². The number of hydrogen-bond donors (Lipinski definition) is 2. The van der Waals surface area contributed by atoms with Crippen molar-refractivity contribution in [3.63, 3.8) is 0 Å². The van der Waals surface area contributed by atoms with Gasteiger partial charge in [-0.3, -0.25) is 5.43 Å². The number of nitrogens with zero attached hydrogens (tertiary/aromatic N) is 1. The SMILES string of the molecule is COc1cccc2cc(C(=NNC(N)=S)c3cc4cccc(OC)c4o3)oc12. The summed E-state index contributed by atoms with van der Waals surface area (Å²) in [5, 5.41) is 6.06. The van der Waals surface area contributed by atoms with Gasteiger partial charge in [0.1, 0.15) is 0 Å². The standard InChI is InChI=1S/C20H17N3O4S/c1-24-13-7-3-5-11-9-15(26-18(11)13)17(22-23-20(21)28)16-10-12-6-4-8-14(25-2)19(12)27-16/h3-10H,1-2H3,(H3,21,23,28). The van der Waals surface area contributed by atoms with Crippen molar-refractivity contribution in [2.45, 2.75) is 0 Å². The minimum Gasteiger partial charge on any atom is -0.493 e. The highest BCUT2D eigenvalue weighted by atomic mass is 32.1. The van der Waals surface area contributed by atoms with E-state index in [1.54, 1.807) is 14.2 Å². The molecule has 3 N–H and O–H groups in total. The van der Waals surface area contributed by atoms with Crippen LogP contribution < -0.4 is 20.6 Å². The molecule has 28 heavy (non-hydrogen) atoms. The highest BCUT2D eigenvalue weighted by Gasteiger charge is 2.20. The summed E-state index contributed by atoms with van der Waals surface area (Å²) in [4.78, 5) is 0. The molecule has 0 spiro atoms. The first kappa shape index (κ1) is 17.9. The Labute approximate surface area is 165 Å². The first-order valence-corrected chi connectivity index (χ1v) is 8.78. The zero-order valence-corrected chi connectivity index (χ0v) is 16.0. The van der Waals surface area contributed by atoms with Gasteiger partial charge in [-0.05, 0) is 36.5 Å². The van der Waals surface area contributed by atoms with E-state index in [9.17, 15) is 0 Å². The van der Waals surface area contributed by atoms with Crippen molar-refractivity contribution in [2.75, 3.05) is 14.2 Å². The number of rotatable bonds is 5. The zero-order valence-electron chi connectivity index (χ0n) is 15.2. The summed E-state index contributed by atoms with van der Waals surface area (Å²) in [5.41, 5.74) is 9.78. The molecule has 8 heteroatoms. The number of thiocarbonyl (C=S) groups is 1. The van der Waals surface area contributed by atoms with Crippen molar-refractivity contribution in [3.8, 4) is 11.5 Å². The number of fused-ring (bicyclic) bond motifs is 2. The van der Waals surface area contributed by atoms with E-state index in [2.05, 4.69) is 10.5 Å². The molecule has 2 heterocycles. The predicted octanol–water partition coefficient (Wildman–Crippen LogP) is 3.78. The highest BCUT2D eigenvalue weighted by Crippen LogP contribution is 2.32. The van der Waals surface area contributed by atoms with E-state index in [0.717, 1.165) is 10.8 Å². The molecule has 0 aliphatic rings. The minimum absolute atomic E-state index is 0.0277. The summed E-state index contributed by atoms with van der Waals surface area (Å²) >= 11 is 4.88. The van der Waals surface area contributed by atoms with Crippen LogP contribution in [0.2, 0.25) is 0 Å². The molecule has 0 saturated carbocycles. The Balaban J connectivity index is 1.89. The molecule has 0 aliphatic carbocycles. The third-order valence-electron chi connectivity index (χ3n) is 4.20.